The maximum atomic E-state index is 11.0. The second-order valence-corrected chi connectivity index (χ2v) is 5.07. The Morgan fingerprint density at radius 1 is 1.40 bits per heavy atom. The van der Waals surface area contributed by atoms with Gasteiger partial charge in [-0.2, -0.15) is 5.10 Å². The quantitative estimate of drug-likeness (QED) is 0.814. The number of aryl methyl sites for hydroxylation is 1. The summed E-state index contributed by atoms with van der Waals surface area (Å²) in [6, 6.07) is 0. The third-order valence-electron chi connectivity index (χ3n) is 2.22. The molecule has 4 nitrogen and oxygen atoms in total. The van der Waals surface area contributed by atoms with E-state index in [4.69, 9.17) is 5.11 Å². The first-order valence-electron chi connectivity index (χ1n) is 4.99. The van der Waals surface area contributed by atoms with Crippen molar-refractivity contribution in [2.24, 2.45) is 5.41 Å². The summed E-state index contributed by atoms with van der Waals surface area (Å²) in [5.74, 6) is -0.898. The summed E-state index contributed by atoms with van der Waals surface area (Å²) in [6.07, 6.45) is 0. The standard InChI is InChI=1S/C11H18N2O2/c1-7-9(10(14)15)8(2)13(12-7)6-11(3,4)5/h6H2,1-5H3,(H,14,15). The van der Waals surface area contributed by atoms with Gasteiger partial charge in [0, 0.05) is 6.54 Å². The van der Waals surface area contributed by atoms with Gasteiger partial charge in [0.2, 0.25) is 0 Å². The van der Waals surface area contributed by atoms with E-state index in [-0.39, 0.29) is 5.41 Å². The van der Waals surface area contributed by atoms with Gasteiger partial charge in [-0.25, -0.2) is 4.79 Å². The van der Waals surface area contributed by atoms with Gasteiger partial charge in [-0.1, -0.05) is 20.8 Å². The number of hydrogen-bond acceptors (Lipinski definition) is 2. The number of rotatable bonds is 2. The van der Waals surface area contributed by atoms with Crippen molar-refractivity contribution in [3.05, 3.63) is 17.0 Å². The lowest BCUT2D eigenvalue weighted by Crippen LogP contribution is -2.17. The van der Waals surface area contributed by atoms with Crippen molar-refractivity contribution in [2.75, 3.05) is 0 Å². The van der Waals surface area contributed by atoms with Gasteiger partial charge in [-0.05, 0) is 19.3 Å². The highest BCUT2D eigenvalue weighted by atomic mass is 16.4. The van der Waals surface area contributed by atoms with Crippen LogP contribution in [0, 0.1) is 19.3 Å². The molecule has 0 amide bonds. The van der Waals surface area contributed by atoms with Gasteiger partial charge in [-0.15, -0.1) is 0 Å². The van der Waals surface area contributed by atoms with Crippen LogP contribution in [0.5, 0.6) is 0 Å². The molecule has 4 heteroatoms. The predicted octanol–water partition coefficient (Wildman–Crippen LogP) is 2.24. The maximum absolute atomic E-state index is 11.0. The van der Waals surface area contributed by atoms with Crippen LogP contribution in [0.4, 0.5) is 0 Å². The predicted molar refractivity (Wildman–Crippen MR) is 58.1 cm³/mol. The highest BCUT2D eigenvalue weighted by Crippen LogP contribution is 2.20. The molecule has 0 aliphatic carbocycles. The number of aromatic nitrogens is 2. The SMILES string of the molecule is Cc1nn(CC(C)(C)C)c(C)c1C(=O)O. The molecule has 84 valence electrons. The van der Waals surface area contributed by atoms with Gasteiger partial charge >= 0.3 is 5.97 Å². The van der Waals surface area contributed by atoms with E-state index in [1.807, 2.05) is 0 Å². The largest absolute Gasteiger partial charge is 0.478 e. The molecule has 1 rings (SSSR count). The summed E-state index contributed by atoms with van der Waals surface area (Å²) >= 11 is 0. The molecule has 1 N–H and O–H groups in total. The molecule has 0 unspecified atom stereocenters. The van der Waals surface area contributed by atoms with Crippen molar-refractivity contribution in [1.82, 2.24) is 9.78 Å². The first kappa shape index (κ1) is 11.8. The molecule has 1 aromatic rings. The monoisotopic (exact) mass is 210 g/mol. The smallest absolute Gasteiger partial charge is 0.339 e. The Kier molecular flexibility index (Phi) is 2.88. The topological polar surface area (TPSA) is 55.1 Å². The van der Waals surface area contributed by atoms with Gasteiger partial charge in [0.05, 0.1) is 11.4 Å². The van der Waals surface area contributed by atoms with Crippen molar-refractivity contribution in [3.63, 3.8) is 0 Å². The van der Waals surface area contributed by atoms with Crippen LogP contribution in [0.3, 0.4) is 0 Å². The second-order valence-electron chi connectivity index (χ2n) is 5.07. The van der Waals surface area contributed by atoms with Gasteiger partial charge in [0.15, 0.2) is 0 Å². The number of carboxylic acid groups (broad SMARTS) is 1. The fraction of sp³-hybridized carbons (Fsp3) is 0.636. The lowest BCUT2D eigenvalue weighted by molar-refractivity contribution is 0.0695. The molecule has 0 aromatic carbocycles. The maximum Gasteiger partial charge on any atom is 0.339 e. The van der Waals surface area contributed by atoms with Crippen molar-refractivity contribution in [2.45, 2.75) is 41.2 Å². The lowest BCUT2D eigenvalue weighted by Gasteiger charge is -2.19. The molecule has 0 aliphatic heterocycles. The van der Waals surface area contributed by atoms with Gasteiger partial charge in [-0.3, -0.25) is 4.68 Å². The highest BCUT2D eigenvalue weighted by Gasteiger charge is 2.20. The molecule has 1 aromatic heterocycles. The van der Waals surface area contributed by atoms with E-state index in [0.29, 0.717) is 11.3 Å². The van der Waals surface area contributed by atoms with Crippen LogP contribution in [-0.2, 0) is 6.54 Å². The number of carbonyl (C=O) groups is 1. The fourth-order valence-electron chi connectivity index (χ4n) is 1.61. The van der Waals surface area contributed by atoms with Crippen LogP contribution in [0.25, 0.3) is 0 Å². The number of carboxylic acids is 1. The van der Waals surface area contributed by atoms with Crippen LogP contribution >= 0.6 is 0 Å². The molecular formula is C11H18N2O2. The van der Waals surface area contributed by atoms with Crippen molar-refractivity contribution < 1.29 is 9.90 Å². The lowest BCUT2D eigenvalue weighted by atomic mass is 9.97. The fourth-order valence-corrected chi connectivity index (χ4v) is 1.61. The summed E-state index contributed by atoms with van der Waals surface area (Å²) in [7, 11) is 0. The van der Waals surface area contributed by atoms with Crippen LogP contribution in [-0.4, -0.2) is 20.9 Å². The number of aromatic carboxylic acids is 1. The van der Waals surface area contributed by atoms with E-state index >= 15 is 0 Å². The van der Waals surface area contributed by atoms with Gasteiger partial charge < -0.3 is 5.11 Å². The number of nitrogens with zero attached hydrogens (tertiary/aromatic N) is 2. The summed E-state index contributed by atoms with van der Waals surface area (Å²) in [6.45, 7) is 10.6. The van der Waals surface area contributed by atoms with E-state index in [9.17, 15) is 4.79 Å². The van der Waals surface area contributed by atoms with Crippen LogP contribution in [0.1, 0.15) is 42.5 Å². The zero-order valence-corrected chi connectivity index (χ0v) is 9.96. The Labute approximate surface area is 89.9 Å². The van der Waals surface area contributed by atoms with Gasteiger partial charge in [0.25, 0.3) is 0 Å². The molecule has 0 bridgehead atoms. The Balaban J connectivity index is 3.13. The molecule has 0 spiro atoms. The summed E-state index contributed by atoms with van der Waals surface area (Å²) in [4.78, 5) is 11.0. The van der Waals surface area contributed by atoms with Crippen molar-refractivity contribution in [1.29, 1.82) is 0 Å². The Hall–Kier alpha value is -1.32. The Bertz CT molecular complexity index is 386. The average Bonchev–Trinajstić information content (AvgIpc) is 2.23. The third-order valence-corrected chi connectivity index (χ3v) is 2.22. The highest BCUT2D eigenvalue weighted by molar-refractivity contribution is 5.90. The summed E-state index contributed by atoms with van der Waals surface area (Å²) in [5, 5.41) is 13.3. The van der Waals surface area contributed by atoms with Crippen LogP contribution in [0.2, 0.25) is 0 Å². The van der Waals surface area contributed by atoms with E-state index < -0.39 is 5.97 Å². The molecular weight excluding hydrogens is 192 g/mol. The first-order valence-corrected chi connectivity index (χ1v) is 4.99. The molecule has 0 aliphatic rings. The third kappa shape index (κ3) is 2.58. The van der Waals surface area contributed by atoms with Crippen LogP contribution in [0.15, 0.2) is 0 Å². The first-order chi connectivity index (χ1) is 6.72. The molecule has 0 radical (unpaired) electrons. The van der Waals surface area contributed by atoms with Crippen LogP contribution < -0.4 is 0 Å². The minimum absolute atomic E-state index is 0.0962. The molecule has 0 fully saturated rings. The summed E-state index contributed by atoms with van der Waals surface area (Å²) < 4.78 is 1.78. The van der Waals surface area contributed by atoms with Crippen molar-refractivity contribution in [3.8, 4) is 0 Å². The molecule has 0 atom stereocenters. The van der Waals surface area contributed by atoms with E-state index in [0.717, 1.165) is 12.2 Å². The minimum atomic E-state index is -0.898. The zero-order valence-electron chi connectivity index (χ0n) is 9.96. The molecule has 0 saturated heterocycles. The number of hydrogen-bond donors (Lipinski definition) is 1. The minimum Gasteiger partial charge on any atom is -0.478 e. The average molecular weight is 210 g/mol. The van der Waals surface area contributed by atoms with E-state index in [1.54, 1.807) is 18.5 Å². The van der Waals surface area contributed by atoms with E-state index in [1.165, 1.54) is 0 Å². The molecule has 1 heterocycles. The normalized spacial score (nSPS) is 11.8. The Morgan fingerprint density at radius 3 is 2.27 bits per heavy atom. The van der Waals surface area contributed by atoms with Crippen molar-refractivity contribution >= 4 is 5.97 Å². The molecule has 15 heavy (non-hydrogen) atoms. The zero-order chi connectivity index (χ0) is 11.8. The second kappa shape index (κ2) is 3.68. The van der Waals surface area contributed by atoms with Gasteiger partial charge in [0.1, 0.15) is 5.56 Å². The Morgan fingerprint density at radius 2 is 1.93 bits per heavy atom. The molecule has 0 saturated carbocycles. The summed E-state index contributed by atoms with van der Waals surface area (Å²) in [5.41, 5.74) is 1.75. The van der Waals surface area contributed by atoms with E-state index in [2.05, 4.69) is 25.9 Å².